The van der Waals surface area contributed by atoms with Crippen LogP contribution in [-0.2, 0) is 6.54 Å². The van der Waals surface area contributed by atoms with Crippen LogP contribution in [-0.4, -0.2) is 42.0 Å². The fraction of sp³-hybridized carbons (Fsp3) is 0.600. The second-order valence-corrected chi connectivity index (χ2v) is 5.16. The molecular formula is C15H23FN2. The molecule has 0 bridgehead atoms. The largest absolute Gasteiger partial charge is 0.298 e. The van der Waals surface area contributed by atoms with E-state index in [4.69, 9.17) is 0 Å². The Bertz CT molecular complexity index is 373. The van der Waals surface area contributed by atoms with E-state index >= 15 is 0 Å². The molecule has 1 aromatic rings. The van der Waals surface area contributed by atoms with Gasteiger partial charge in [-0.25, -0.2) is 4.39 Å². The molecule has 1 aliphatic rings. The van der Waals surface area contributed by atoms with E-state index in [1.54, 1.807) is 12.1 Å². The van der Waals surface area contributed by atoms with Crippen molar-refractivity contribution in [1.82, 2.24) is 9.80 Å². The highest BCUT2D eigenvalue weighted by molar-refractivity contribution is 5.17. The summed E-state index contributed by atoms with van der Waals surface area (Å²) in [5, 5.41) is 0. The second kappa shape index (κ2) is 6.30. The van der Waals surface area contributed by atoms with Gasteiger partial charge in [-0.15, -0.1) is 0 Å². The molecule has 18 heavy (non-hydrogen) atoms. The van der Waals surface area contributed by atoms with Gasteiger partial charge in [0.05, 0.1) is 0 Å². The Kier molecular flexibility index (Phi) is 4.72. The molecule has 3 heteroatoms. The fourth-order valence-electron chi connectivity index (χ4n) is 2.49. The van der Waals surface area contributed by atoms with E-state index in [-0.39, 0.29) is 5.82 Å². The molecule has 1 aliphatic heterocycles. The molecule has 1 heterocycles. The van der Waals surface area contributed by atoms with Crippen molar-refractivity contribution < 1.29 is 4.39 Å². The molecular weight excluding hydrogens is 227 g/mol. The Morgan fingerprint density at radius 1 is 1.17 bits per heavy atom. The summed E-state index contributed by atoms with van der Waals surface area (Å²) in [5.41, 5.74) is 0.814. The predicted molar refractivity (Wildman–Crippen MR) is 73.0 cm³/mol. The number of piperazine rings is 1. The molecule has 1 saturated heterocycles. The minimum atomic E-state index is -0.0816. The molecule has 2 nitrogen and oxygen atoms in total. The molecule has 0 aromatic heterocycles. The van der Waals surface area contributed by atoms with E-state index in [0.717, 1.165) is 38.3 Å². The van der Waals surface area contributed by atoms with E-state index in [9.17, 15) is 4.39 Å². The summed E-state index contributed by atoms with van der Waals surface area (Å²) >= 11 is 0. The van der Waals surface area contributed by atoms with Crippen LogP contribution < -0.4 is 0 Å². The van der Waals surface area contributed by atoms with Gasteiger partial charge < -0.3 is 0 Å². The summed E-state index contributed by atoms with van der Waals surface area (Å²) in [6.45, 7) is 9.54. The third-order valence-corrected chi connectivity index (χ3v) is 3.97. The first-order valence-corrected chi connectivity index (χ1v) is 6.90. The Hall–Kier alpha value is -0.930. The Morgan fingerprint density at radius 3 is 2.44 bits per heavy atom. The van der Waals surface area contributed by atoms with Crippen LogP contribution in [0.25, 0.3) is 0 Å². The number of benzene rings is 1. The topological polar surface area (TPSA) is 6.48 Å². The summed E-state index contributed by atoms with van der Waals surface area (Å²) in [6.07, 6.45) is 1.20. The molecule has 0 N–H and O–H groups in total. The Balaban J connectivity index is 1.86. The van der Waals surface area contributed by atoms with Gasteiger partial charge >= 0.3 is 0 Å². The van der Waals surface area contributed by atoms with Gasteiger partial charge in [-0.3, -0.25) is 9.80 Å². The van der Waals surface area contributed by atoms with Gasteiger partial charge in [0, 0.05) is 44.3 Å². The van der Waals surface area contributed by atoms with Crippen molar-refractivity contribution in [1.29, 1.82) is 0 Å². The van der Waals surface area contributed by atoms with Crippen LogP contribution in [0, 0.1) is 5.82 Å². The van der Waals surface area contributed by atoms with Crippen LogP contribution >= 0.6 is 0 Å². The molecule has 100 valence electrons. The highest BCUT2D eigenvalue weighted by Crippen LogP contribution is 2.13. The van der Waals surface area contributed by atoms with Gasteiger partial charge in [-0.2, -0.15) is 0 Å². The van der Waals surface area contributed by atoms with Gasteiger partial charge in [0.25, 0.3) is 0 Å². The van der Waals surface area contributed by atoms with Crippen LogP contribution in [0.4, 0.5) is 4.39 Å². The van der Waals surface area contributed by atoms with Crippen molar-refractivity contribution in [2.75, 3.05) is 26.2 Å². The number of halogens is 1. The van der Waals surface area contributed by atoms with Crippen molar-refractivity contribution in [2.24, 2.45) is 0 Å². The lowest BCUT2D eigenvalue weighted by molar-refractivity contribution is 0.0957. The lowest BCUT2D eigenvalue weighted by atomic mass is 10.1. The minimum absolute atomic E-state index is 0.0816. The monoisotopic (exact) mass is 250 g/mol. The van der Waals surface area contributed by atoms with E-state index in [0.29, 0.717) is 6.04 Å². The van der Waals surface area contributed by atoms with Crippen molar-refractivity contribution in [2.45, 2.75) is 32.9 Å². The lowest BCUT2D eigenvalue weighted by Gasteiger charge is -2.37. The average molecular weight is 250 g/mol. The molecule has 1 aromatic carbocycles. The normalized spacial score (nSPS) is 19.9. The van der Waals surface area contributed by atoms with E-state index in [2.05, 4.69) is 23.6 Å². The summed E-state index contributed by atoms with van der Waals surface area (Å²) in [5.74, 6) is -0.0816. The second-order valence-electron chi connectivity index (χ2n) is 5.16. The van der Waals surface area contributed by atoms with Gasteiger partial charge in [-0.1, -0.05) is 25.1 Å². The highest BCUT2D eigenvalue weighted by atomic mass is 19.1. The quantitative estimate of drug-likeness (QED) is 0.810. The molecule has 0 amide bonds. The minimum Gasteiger partial charge on any atom is -0.298 e. The number of rotatable bonds is 4. The zero-order valence-corrected chi connectivity index (χ0v) is 11.4. The van der Waals surface area contributed by atoms with E-state index < -0.39 is 0 Å². The highest BCUT2D eigenvalue weighted by Gasteiger charge is 2.20. The molecule has 0 spiro atoms. The summed E-state index contributed by atoms with van der Waals surface area (Å²) in [7, 11) is 0. The van der Waals surface area contributed by atoms with Crippen LogP contribution in [0.1, 0.15) is 25.8 Å². The SMILES string of the molecule is CC[C@@H](C)N1CCN(Cc2ccccc2F)CC1. The first-order chi connectivity index (χ1) is 8.70. The molecule has 0 aliphatic carbocycles. The number of hydrogen-bond donors (Lipinski definition) is 0. The molecule has 2 rings (SSSR count). The molecule has 0 unspecified atom stereocenters. The van der Waals surface area contributed by atoms with Gasteiger partial charge in [0.1, 0.15) is 5.82 Å². The fourth-order valence-corrected chi connectivity index (χ4v) is 2.49. The van der Waals surface area contributed by atoms with Crippen LogP contribution in [0.15, 0.2) is 24.3 Å². The van der Waals surface area contributed by atoms with Crippen LogP contribution in [0.5, 0.6) is 0 Å². The summed E-state index contributed by atoms with van der Waals surface area (Å²) in [6, 6.07) is 7.76. The summed E-state index contributed by atoms with van der Waals surface area (Å²) in [4.78, 5) is 4.87. The number of hydrogen-bond acceptors (Lipinski definition) is 2. The van der Waals surface area contributed by atoms with Gasteiger partial charge in [0.15, 0.2) is 0 Å². The van der Waals surface area contributed by atoms with Crippen LogP contribution in [0.2, 0.25) is 0 Å². The van der Waals surface area contributed by atoms with E-state index in [1.807, 2.05) is 12.1 Å². The summed E-state index contributed by atoms with van der Waals surface area (Å²) < 4.78 is 13.6. The van der Waals surface area contributed by atoms with E-state index in [1.165, 1.54) is 6.42 Å². The molecule has 1 fully saturated rings. The first-order valence-electron chi connectivity index (χ1n) is 6.90. The average Bonchev–Trinajstić information content (AvgIpc) is 2.41. The molecule has 0 saturated carbocycles. The molecule has 0 radical (unpaired) electrons. The maximum absolute atomic E-state index is 13.6. The van der Waals surface area contributed by atoms with Crippen molar-refractivity contribution in [3.8, 4) is 0 Å². The van der Waals surface area contributed by atoms with Crippen molar-refractivity contribution in [3.05, 3.63) is 35.6 Å². The van der Waals surface area contributed by atoms with Crippen molar-refractivity contribution >= 4 is 0 Å². The van der Waals surface area contributed by atoms with Gasteiger partial charge in [-0.05, 0) is 19.4 Å². The smallest absolute Gasteiger partial charge is 0.127 e. The Morgan fingerprint density at radius 2 is 1.83 bits per heavy atom. The maximum Gasteiger partial charge on any atom is 0.127 e. The zero-order chi connectivity index (χ0) is 13.0. The van der Waals surface area contributed by atoms with Crippen molar-refractivity contribution in [3.63, 3.8) is 0 Å². The first kappa shape index (κ1) is 13.5. The Labute approximate surface area is 109 Å². The molecule has 1 atom stereocenters. The van der Waals surface area contributed by atoms with Gasteiger partial charge in [0.2, 0.25) is 0 Å². The van der Waals surface area contributed by atoms with Crippen LogP contribution in [0.3, 0.4) is 0 Å². The predicted octanol–water partition coefficient (Wildman–Crippen LogP) is 2.74. The standard InChI is InChI=1S/C15H23FN2/c1-3-13(2)18-10-8-17(9-11-18)12-14-6-4-5-7-15(14)16/h4-7,13H,3,8-12H2,1-2H3/t13-/m1/s1. The maximum atomic E-state index is 13.6. The third-order valence-electron chi connectivity index (χ3n) is 3.97. The number of nitrogens with zero attached hydrogens (tertiary/aromatic N) is 2. The third kappa shape index (κ3) is 3.30. The lowest BCUT2D eigenvalue weighted by Crippen LogP contribution is -2.49. The zero-order valence-electron chi connectivity index (χ0n) is 11.4.